The molecule has 3 heterocycles. The zero-order chi connectivity index (χ0) is 16.8. The maximum absolute atomic E-state index is 12.2. The Morgan fingerprint density at radius 2 is 2.00 bits per heavy atom. The van der Waals surface area contributed by atoms with Crippen molar-refractivity contribution in [2.45, 2.75) is 0 Å². The van der Waals surface area contributed by atoms with Gasteiger partial charge in [0.1, 0.15) is 29.3 Å². The predicted octanol–water partition coefficient (Wildman–Crippen LogP) is 2.29. The summed E-state index contributed by atoms with van der Waals surface area (Å²) in [7, 11) is 0. The summed E-state index contributed by atoms with van der Waals surface area (Å²) in [5.41, 5.74) is 0.590. The summed E-state index contributed by atoms with van der Waals surface area (Å²) >= 11 is 0. The summed E-state index contributed by atoms with van der Waals surface area (Å²) in [4.78, 5) is 28.1. The van der Waals surface area contributed by atoms with Crippen molar-refractivity contribution in [1.29, 1.82) is 0 Å². The summed E-state index contributed by atoms with van der Waals surface area (Å²) in [6, 6.07) is 8.11. The molecule has 0 fully saturated rings. The molecule has 0 unspecified atom stereocenters. The first-order valence-corrected chi connectivity index (χ1v) is 6.88. The number of rotatable bonds is 4. The van der Waals surface area contributed by atoms with Crippen molar-refractivity contribution in [3.05, 3.63) is 66.6 Å². The molecule has 1 N–H and O–H groups in total. The number of hydrogen-bond donors (Lipinski definition) is 1. The average molecular weight is 317 g/mol. The lowest BCUT2D eigenvalue weighted by Gasteiger charge is -2.07. The minimum Gasteiger partial charge on any atom is -0.454 e. The van der Waals surface area contributed by atoms with E-state index in [2.05, 4.69) is 31.2 Å². The van der Waals surface area contributed by atoms with E-state index >= 15 is 0 Å². The van der Waals surface area contributed by atoms with Crippen LogP contribution in [0.4, 0.5) is 5.82 Å². The van der Waals surface area contributed by atoms with E-state index in [9.17, 15) is 4.79 Å². The molecule has 1 amide bonds. The van der Waals surface area contributed by atoms with Gasteiger partial charge in [-0.1, -0.05) is 12.0 Å². The fourth-order valence-corrected chi connectivity index (χ4v) is 1.84. The van der Waals surface area contributed by atoms with Gasteiger partial charge in [-0.25, -0.2) is 19.9 Å². The molecule has 0 saturated heterocycles. The molecule has 3 rings (SSSR count). The van der Waals surface area contributed by atoms with Crippen molar-refractivity contribution in [3.63, 3.8) is 0 Å². The van der Waals surface area contributed by atoms with E-state index in [4.69, 9.17) is 11.2 Å². The highest BCUT2D eigenvalue weighted by molar-refractivity contribution is 6.02. The number of nitrogens with one attached hydrogen (secondary N) is 1. The monoisotopic (exact) mass is 317 g/mol. The first-order chi connectivity index (χ1) is 11.7. The molecule has 0 aromatic carbocycles. The number of hydrogen-bond acceptors (Lipinski definition) is 6. The molecule has 0 saturated carbocycles. The lowest BCUT2D eigenvalue weighted by Crippen LogP contribution is -2.14. The normalized spacial score (nSPS) is 9.79. The molecule has 7 heteroatoms. The number of carbonyl (C=O) groups is 1. The third-order valence-corrected chi connectivity index (χ3v) is 2.88. The number of pyridine rings is 2. The number of anilines is 1. The molecular weight excluding hydrogens is 306 g/mol. The van der Waals surface area contributed by atoms with E-state index in [0.717, 1.165) is 0 Å². The summed E-state index contributed by atoms with van der Waals surface area (Å²) in [6.07, 6.45) is 11.3. The van der Waals surface area contributed by atoms with Gasteiger partial charge in [0.2, 0.25) is 0 Å². The molecule has 0 aliphatic rings. The van der Waals surface area contributed by atoms with Crippen LogP contribution >= 0.6 is 0 Å². The van der Waals surface area contributed by atoms with Crippen molar-refractivity contribution in [2.75, 3.05) is 5.32 Å². The van der Waals surface area contributed by atoms with Crippen molar-refractivity contribution >= 4 is 11.7 Å². The van der Waals surface area contributed by atoms with Crippen LogP contribution in [0.25, 0.3) is 0 Å². The van der Waals surface area contributed by atoms with Gasteiger partial charge in [0, 0.05) is 12.3 Å². The molecule has 0 radical (unpaired) electrons. The van der Waals surface area contributed by atoms with E-state index in [0.29, 0.717) is 23.0 Å². The van der Waals surface area contributed by atoms with Crippen LogP contribution < -0.4 is 10.1 Å². The first kappa shape index (κ1) is 15.1. The largest absolute Gasteiger partial charge is 0.454 e. The van der Waals surface area contributed by atoms with Gasteiger partial charge >= 0.3 is 0 Å². The fraction of sp³-hybridized carbons (Fsp3) is 0. The van der Waals surface area contributed by atoms with Gasteiger partial charge in [-0.05, 0) is 18.2 Å². The number of terminal acetylenes is 1. The molecule has 3 aromatic rings. The van der Waals surface area contributed by atoms with Crippen LogP contribution in [-0.4, -0.2) is 25.8 Å². The molecule has 3 aromatic heterocycles. The maximum Gasteiger partial charge on any atom is 0.275 e. The van der Waals surface area contributed by atoms with Gasteiger partial charge in [-0.2, -0.15) is 0 Å². The number of nitrogens with zero attached hydrogens (tertiary/aromatic N) is 4. The van der Waals surface area contributed by atoms with Gasteiger partial charge < -0.3 is 10.1 Å². The molecular formula is C17H11N5O2. The highest BCUT2D eigenvalue weighted by atomic mass is 16.5. The minimum atomic E-state index is -0.417. The number of aromatic nitrogens is 4. The molecule has 0 aliphatic carbocycles. The van der Waals surface area contributed by atoms with Crippen molar-refractivity contribution in [3.8, 4) is 23.8 Å². The topological polar surface area (TPSA) is 89.9 Å². The standard InChI is InChI=1S/C17H11N5O2/c1-2-12-4-3-5-15(21-12)17(23)22-16-8-13(6-7-20-16)24-14-9-18-11-19-10-14/h1,3-11H,(H,20,22,23). The summed E-state index contributed by atoms with van der Waals surface area (Å²) in [5, 5.41) is 2.64. The van der Waals surface area contributed by atoms with E-state index in [-0.39, 0.29) is 5.69 Å². The van der Waals surface area contributed by atoms with Crippen LogP contribution in [0.5, 0.6) is 11.5 Å². The van der Waals surface area contributed by atoms with Crippen LogP contribution in [-0.2, 0) is 0 Å². The predicted molar refractivity (Wildman–Crippen MR) is 86.5 cm³/mol. The second-order valence-corrected chi connectivity index (χ2v) is 4.56. The number of carbonyl (C=O) groups excluding carboxylic acids is 1. The first-order valence-electron chi connectivity index (χ1n) is 6.88. The minimum absolute atomic E-state index is 0.204. The average Bonchev–Trinajstić information content (AvgIpc) is 2.63. The Morgan fingerprint density at radius 3 is 2.79 bits per heavy atom. The third-order valence-electron chi connectivity index (χ3n) is 2.88. The Labute approximate surface area is 137 Å². The number of ether oxygens (including phenoxy) is 1. The Hall–Kier alpha value is -3.79. The lowest BCUT2D eigenvalue weighted by molar-refractivity contribution is 0.102. The fourth-order valence-electron chi connectivity index (χ4n) is 1.84. The second-order valence-electron chi connectivity index (χ2n) is 4.56. The van der Waals surface area contributed by atoms with Crippen molar-refractivity contribution < 1.29 is 9.53 Å². The van der Waals surface area contributed by atoms with E-state index in [1.54, 1.807) is 30.3 Å². The second kappa shape index (κ2) is 6.98. The van der Waals surface area contributed by atoms with E-state index < -0.39 is 5.91 Å². The van der Waals surface area contributed by atoms with Crippen LogP contribution in [0.2, 0.25) is 0 Å². The van der Waals surface area contributed by atoms with Crippen LogP contribution in [0.1, 0.15) is 16.2 Å². The smallest absolute Gasteiger partial charge is 0.275 e. The lowest BCUT2D eigenvalue weighted by atomic mass is 10.3. The SMILES string of the molecule is C#Cc1cccc(C(=O)Nc2cc(Oc3cncnc3)ccn2)n1. The highest BCUT2D eigenvalue weighted by Gasteiger charge is 2.09. The molecule has 0 atom stereocenters. The van der Waals surface area contributed by atoms with Gasteiger partial charge in [0.05, 0.1) is 12.4 Å². The van der Waals surface area contributed by atoms with Crippen LogP contribution in [0.15, 0.2) is 55.2 Å². The van der Waals surface area contributed by atoms with Crippen molar-refractivity contribution in [1.82, 2.24) is 19.9 Å². The van der Waals surface area contributed by atoms with Crippen molar-refractivity contribution in [2.24, 2.45) is 0 Å². The summed E-state index contributed by atoms with van der Waals surface area (Å²) in [5.74, 6) is 3.25. The molecule has 0 bridgehead atoms. The third kappa shape index (κ3) is 3.69. The zero-order valence-electron chi connectivity index (χ0n) is 12.4. The van der Waals surface area contributed by atoms with E-state index in [1.165, 1.54) is 24.9 Å². The highest BCUT2D eigenvalue weighted by Crippen LogP contribution is 2.21. The quantitative estimate of drug-likeness (QED) is 0.743. The Kier molecular flexibility index (Phi) is 4.40. The Balaban J connectivity index is 1.74. The van der Waals surface area contributed by atoms with E-state index in [1.807, 2.05) is 0 Å². The maximum atomic E-state index is 12.2. The van der Waals surface area contributed by atoms with Gasteiger partial charge in [0.25, 0.3) is 5.91 Å². The van der Waals surface area contributed by atoms with Crippen LogP contribution in [0.3, 0.4) is 0 Å². The van der Waals surface area contributed by atoms with Gasteiger partial charge in [-0.3, -0.25) is 4.79 Å². The summed E-state index contributed by atoms with van der Waals surface area (Å²) < 4.78 is 5.58. The van der Waals surface area contributed by atoms with Crippen LogP contribution in [0, 0.1) is 12.3 Å². The molecule has 116 valence electrons. The molecule has 7 nitrogen and oxygen atoms in total. The van der Waals surface area contributed by atoms with Gasteiger partial charge in [-0.15, -0.1) is 6.42 Å². The molecule has 24 heavy (non-hydrogen) atoms. The summed E-state index contributed by atoms with van der Waals surface area (Å²) in [6.45, 7) is 0. The van der Waals surface area contributed by atoms with Gasteiger partial charge in [0.15, 0.2) is 5.75 Å². The Bertz CT molecular complexity index is 906. The zero-order valence-corrected chi connectivity index (χ0v) is 12.4. The molecule has 0 spiro atoms. The number of amides is 1. The molecule has 0 aliphatic heterocycles. The Morgan fingerprint density at radius 1 is 1.17 bits per heavy atom.